The number of rotatable bonds is 8. The first kappa shape index (κ1) is 20.3. The first-order valence-corrected chi connectivity index (χ1v) is 11.2. The molecule has 6 heteroatoms. The fraction of sp³-hybridized carbons (Fsp3) is 0.429. The van der Waals surface area contributed by atoms with E-state index in [2.05, 4.69) is 19.1 Å². The first-order chi connectivity index (χ1) is 12.9. The molecule has 3 atom stereocenters. The topological polar surface area (TPSA) is 69.4 Å². The lowest BCUT2D eigenvalue weighted by Crippen LogP contribution is -2.29. The van der Waals surface area contributed by atoms with Crippen molar-refractivity contribution in [2.75, 3.05) is 19.8 Å². The maximum atomic E-state index is 13.4. The van der Waals surface area contributed by atoms with Crippen molar-refractivity contribution in [3.8, 4) is 0 Å². The summed E-state index contributed by atoms with van der Waals surface area (Å²) in [5.41, 5.74) is 7.73. The van der Waals surface area contributed by atoms with Crippen molar-refractivity contribution in [1.29, 1.82) is 0 Å². The van der Waals surface area contributed by atoms with Gasteiger partial charge in [0.05, 0.1) is 16.8 Å². The smallest absolute Gasteiger partial charge is 0.182 e. The minimum atomic E-state index is -3.56. The number of hydrogen-bond donors (Lipinski definition) is 1. The van der Waals surface area contributed by atoms with E-state index in [0.717, 1.165) is 12.0 Å². The number of aryl methyl sites for hydroxylation is 1. The second kappa shape index (κ2) is 7.92. The van der Waals surface area contributed by atoms with Crippen molar-refractivity contribution in [3.63, 3.8) is 0 Å². The van der Waals surface area contributed by atoms with Gasteiger partial charge in [0.25, 0.3) is 0 Å². The molecule has 1 fully saturated rings. The van der Waals surface area contributed by atoms with Gasteiger partial charge in [0.1, 0.15) is 0 Å². The predicted molar refractivity (Wildman–Crippen MR) is 109 cm³/mol. The van der Waals surface area contributed by atoms with Crippen LogP contribution in [0.4, 0.5) is 0 Å². The highest BCUT2D eigenvalue weighted by Gasteiger charge is 2.70. The molecule has 2 aromatic rings. The Labute approximate surface area is 166 Å². The van der Waals surface area contributed by atoms with Gasteiger partial charge in [-0.15, -0.1) is 0 Å². The predicted octanol–water partition coefficient (Wildman–Crippen LogP) is 3.82. The van der Waals surface area contributed by atoms with Gasteiger partial charge in [-0.25, -0.2) is 8.42 Å². The summed E-state index contributed by atoms with van der Waals surface area (Å²) in [5, 5.41) is -0.0916. The molecule has 0 aromatic heterocycles. The molecule has 0 aliphatic heterocycles. The van der Waals surface area contributed by atoms with Gasteiger partial charge >= 0.3 is 0 Å². The van der Waals surface area contributed by atoms with E-state index in [4.69, 9.17) is 22.1 Å². The molecule has 0 radical (unpaired) electrons. The van der Waals surface area contributed by atoms with Crippen molar-refractivity contribution in [1.82, 2.24) is 0 Å². The molecule has 0 spiro atoms. The number of ether oxygens (including phenoxy) is 1. The van der Waals surface area contributed by atoms with E-state index in [-0.39, 0.29) is 17.4 Å². The highest BCUT2D eigenvalue weighted by atomic mass is 35.5. The van der Waals surface area contributed by atoms with Gasteiger partial charge in [-0.05, 0) is 48.7 Å². The lowest BCUT2D eigenvalue weighted by molar-refractivity contribution is 0.101. The molecule has 1 aliphatic carbocycles. The molecule has 2 N–H and O–H groups in total. The molecule has 1 saturated carbocycles. The average Bonchev–Trinajstić information content (AvgIpc) is 3.37. The van der Waals surface area contributed by atoms with E-state index in [0.29, 0.717) is 18.2 Å². The third-order valence-corrected chi connectivity index (χ3v) is 8.15. The van der Waals surface area contributed by atoms with E-state index in [1.165, 1.54) is 5.56 Å². The maximum Gasteiger partial charge on any atom is 0.182 e. The van der Waals surface area contributed by atoms with Crippen LogP contribution < -0.4 is 5.73 Å². The third-order valence-electron chi connectivity index (χ3n) is 5.56. The number of hydrogen-bond acceptors (Lipinski definition) is 4. The Hall–Kier alpha value is -1.40. The van der Waals surface area contributed by atoms with E-state index in [1.807, 2.05) is 19.1 Å². The summed E-state index contributed by atoms with van der Waals surface area (Å²) < 4.78 is 32.5. The Balaban J connectivity index is 2.02. The normalized spacial score (nSPS) is 24.7. The quantitative estimate of drug-likeness (QED) is 0.722. The first-order valence-electron chi connectivity index (χ1n) is 9.26. The van der Waals surface area contributed by atoms with Gasteiger partial charge in [0, 0.05) is 29.5 Å². The number of benzene rings is 2. The minimum Gasteiger partial charge on any atom is -0.381 e. The SMILES string of the molecule is CCOC[C@]1(CN)[C@H](c2ccc(CC)cc2)[C@@H]1S(=O)(=O)c1ccc(Cl)cc1. The summed E-state index contributed by atoms with van der Waals surface area (Å²) in [6.45, 7) is 5.11. The van der Waals surface area contributed by atoms with Crippen LogP contribution in [0.2, 0.25) is 5.02 Å². The largest absolute Gasteiger partial charge is 0.381 e. The van der Waals surface area contributed by atoms with Gasteiger partial charge in [-0.3, -0.25) is 0 Å². The summed E-state index contributed by atoms with van der Waals surface area (Å²) in [7, 11) is -3.56. The van der Waals surface area contributed by atoms with Crippen molar-refractivity contribution in [2.45, 2.75) is 36.3 Å². The molecule has 4 nitrogen and oxygen atoms in total. The summed E-state index contributed by atoms with van der Waals surface area (Å²) in [4.78, 5) is 0.277. The molecule has 0 bridgehead atoms. The Bertz CT molecular complexity index is 881. The van der Waals surface area contributed by atoms with E-state index in [1.54, 1.807) is 24.3 Å². The zero-order valence-electron chi connectivity index (χ0n) is 15.7. The van der Waals surface area contributed by atoms with Crippen molar-refractivity contribution >= 4 is 21.4 Å². The van der Waals surface area contributed by atoms with Crippen LogP contribution in [0.25, 0.3) is 0 Å². The summed E-state index contributed by atoms with van der Waals surface area (Å²) in [6, 6.07) is 14.5. The van der Waals surface area contributed by atoms with E-state index in [9.17, 15) is 8.42 Å². The number of nitrogens with two attached hydrogens (primary N) is 1. The van der Waals surface area contributed by atoms with Crippen LogP contribution in [0.5, 0.6) is 0 Å². The van der Waals surface area contributed by atoms with Crippen LogP contribution >= 0.6 is 11.6 Å². The summed E-state index contributed by atoms with van der Waals surface area (Å²) >= 11 is 5.93. The Kier molecular flexibility index (Phi) is 5.96. The Morgan fingerprint density at radius 3 is 2.22 bits per heavy atom. The molecule has 146 valence electrons. The zero-order chi connectivity index (χ0) is 19.7. The Morgan fingerprint density at radius 1 is 1.07 bits per heavy atom. The van der Waals surface area contributed by atoms with Crippen LogP contribution in [-0.4, -0.2) is 33.4 Å². The molecule has 0 heterocycles. The fourth-order valence-electron chi connectivity index (χ4n) is 3.95. The lowest BCUT2D eigenvalue weighted by Gasteiger charge is -2.16. The van der Waals surface area contributed by atoms with Gasteiger partial charge in [-0.2, -0.15) is 0 Å². The highest BCUT2D eigenvalue weighted by Crippen LogP contribution is 2.63. The minimum absolute atomic E-state index is 0.180. The molecule has 0 saturated heterocycles. The van der Waals surface area contributed by atoms with Crippen molar-refractivity contribution in [3.05, 3.63) is 64.7 Å². The molecular formula is C21H26ClNO3S. The highest BCUT2D eigenvalue weighted by molar-refractivity contribution is 7.92. The second-order valence-corrected chi connectivity index (χ2v) is 9.57. The van der Waals surface area contributed by atoms with Crippen LogP contribution in [0.1, 0.15) is 30.9 Å². The average molecular weight is 408 g/mol. The summed E-state index contributed by atoms with van der Waals surface area (Å²) in [6.07, 6.45) is 0.943. The molecule has 0 unspecified atom stereocenters. The monoisotopic (exact) mass is 407 g/mol. The van der Waals surface area contributed by atoms with Crippen molar-refractivity contribution < 1.29 is 13.2 Å². The van der Waals surface area contributed by atoms with Gasteiger partial charge < -0.3 is 10.5 Å². The molecular weight excluding hydrogens is 382 g/mol. The maximum absolute atomic E-state index is 13.4. The van der Waals surface area contributed by atoms with Gasteiger partial charge in [0.2, 0.25) is 0 Å². The van der Waals surface area contributed by atoms with Crippen LogP contribution in [-0.2, 0) is 21.0 Å². The van der Waals surface area contributed by atoms with Gasteiger partial charge in [-0.1, -0.05) is 42.8 Å². The van der Waals surface area contributed by atoms with Crippen LogP contribution in [0.3, 0.4) is 0 Å². The molecule has 27 heavy (non-hydrogen) atoms. The van der Waals surface area contributed by atoms with Gasteiger partial charge in [0.15, 0.2) is 9.84 Å². The molecule has 2 aromatic carbocycles. The molecule has 1 aliphatic rings. The fourth-order valence-corrected chi connectivity index (χ4v) is 6.52. The van der Waals surface area contributed by atoms with E-state index >= 15 is 0 Å². The molecule has 0 amide bonds. The number of halogens is 1. The third kappa shape index (κ3) is 3.66. The lowest BCUT2D eigenvalue weighted by atomic mass is 9.99. The zero-order valence-corrected chi connectivity index (χ0v) is 17.3. The number of sulfone groups is 1. The summed E-state index contributed by atoms with van der Waals surface area (Å²) in [5.74, 6) is -0.180. The van der Waals surface area contributed by atoms with Crippen LogP contribution in [0.15, 0.2) is 53.4 Å². The van der Waals surface area contributed by atoms with Crippen LogP contribution in [0, 0.1) is 5.41 Å². The second-order valence-electron chi connectivity index (χ2n) is 7.07. The van der Waals surface area contributed by atoms with Crippen molar-refractivity contribution in [2.24, 2.45) is 11.1 Å². The van der Waals surface area contributed by atoms with E-state index < -0.39 is 20.5 Å². The Morgan fingerprint density at radius 2 is 1.70 bits per heavy atom. The molecule has 3 rings (SSSR count). The standard InChI is InChI=1S/C21H26ClNO3S/c1-3-15-5-7-16(8-6-15)19-20(21(19,13-23)14-26-4-2)27(24,25)18-11-9-17(22)10-12-18/h5-12,19-20H,3-4,13-14,23H2,1-2H3/t19-,20+,21-/m1/s1.